The Bertz CT molecular complexity index is 715. The Morgan fingerprint density at radius 1 is 1.40 bits per heavy atom. The molecular weight excluding hydrogens is 368 g/mol. The maximum Gasteiger partial charge on any atom is 0.238 e. The lowest BCUT2D eigenvalue weighted by Crippen LogP contribution is -2.15. The molecule has 1 aromatic heterocycles. The van der Waals surface area contributed by atoms with Crippen molar-refractivity contribution in [3.8, 4) is 0 Å². The van der Waals surface area contributed by atoms with Crippen LogP contribution >= 0.6 is 27.5 Å². The molecule has 1 heterocycles. The molecule has 0 unspecified atom stereocenters. The molecule has 1 aromatic carbocycles. The third-order valence-corrected chi connectivity index (χ3v) is 4.58. The van der Waals surface area contributed by atoms with E-state index in [0.29, 0.717) is 22.8 Å². The number of hydrogen-bond acceptors (Lipinski definition) is 4. The number of aryl methyl sites for hydroxylation is 1. The Hall–Kier alpha value is -1.05. The molecule has 2 rings (SSSR count). The molecule has 0 saturated heterocycles. The first-order chi connectivity index (χ1) is 9.39. The average Bonchev–Trinajstić information content (AvgIpc) is 2.79. The van der Waals surface area contributed by atoms with Gasteiger partial charge in [0.2, 0.25) is 10.0 Å². The second-order valence-electron chi connectivity index (χ2n) is 4.13. The van der Waals surface area contributed by atoms with Crippen molar-refractivity contribution in [2.24, 2.45) is 0 Å². The Balaban J connectivity index is 2.14. The van der Waals surface area contributed by atoms with Crippen molar-refractivity contribution in [3.05, 3.63) is 45.1 Å². The number of benzene rings is 1. The molecule has 0 aliphatic heterocycles. The molecule has 0 aliphatic carbocycles. The predicted octanol–water partition coefficient (Wildman–Crippen LogP) is 3.59. The Kier molecular flexibility index (Phi) is 4.72. The first-order valence-electron chi connectivity index (χ1n) is 5.79. The van der Waals surface area contributed by atoms with Crippen LogP contribution in [0.25, 0.3) is 0 Å². The fourth-order valence-corrected chi connectivity index (χ4v) is 3.53. The number of nitrogens with one attached hydrogen (secondary N) is 1. The molecule has 0 atom stereocenters. The van der Waals surface area contributed by atoms with E-state index in [-0.39, 0.29) is 11.6 Å². The lowest BCUT2D eigenvalue weighted by molar-refractivity contribution is 0.389. The van der Waals surface area contributed by atoms with E-state index in [4.69, 9.17) is 16.1 Å². The molecule has 2 aromatic rings. The first-order valence-corrected chi connectivity index (χ1v) is 8.62. The van der Waals surface area contributed by atoms with Crippen molar-refractivity contribution in [2.45, 2.75) is 19.1 Å². The van der Waals surface area contributed by atoms with E-state index in [0.717, 1.165) is 4.47 Å². The Morgan fingerprint density at radius 2 is 2.15 bits per heavy atom. The van der Waals surface area contributed by atoms with Gasteiger partial charge in [-0.25, -0.2) is 8.42 Å². The zero-order valence-electron chi connectivity index (χ0n) is 10.6. The Morgan fingerprint density at radius 3 is 2.75 bits per heavy atom. The second-order valence-corrected chi connectivity index (χ2v) is 7.17. The SMILES string of the molecule is CCc1cc(NS(=O)(=O)Cc2ccc(Br)cc2Cl)no1. The van der Waals surface area contributed by atoms with E-state index in [2.05, 4.69) is 25.8 Å². The van der Waals surface area contributed by atoms with Crippen molar-refractivity contribution < 1.29 is 12.9 Å². The molecule has 20 heavy (non-hydrogen) atoms. The first kappa shape index (κ1) is 15.3. The van der Waals surface area contributed by atoms with Crippen LogP contribution in [0.5, 0.6) is 0 Å². The minimum atomic E-state index is -3.59. The van der Waals surface area contributed by atoms with Gasteiger partial charge in [0.15, 0.2) is 5.82 Å². The highest BCUT2D eigenvalue weighted by molar-refractivity contribution is 9.10. The number of aromatic nitrogens is 1. The van der Waals surface area contributed by atoms with Gasteiger partial charge in [-0.1, -0.05) is 45.7 Å². The van der Waals surface area contributed by atoms with E-state index in [1.165, 1.54) is 0 Å². The molecule has 0 bridgehead atoms. The molecule has 0 spiro atoms. The van der Waals surface area contributed by atoms with Crippen LogP contribution in [0.2, 0.25) is 5.02 Å². The minimum absolute atomic E-state index is 0.176. The standard InChI is InChI=1S/C12H12BrClN2O3S/c1-2-10-6-12(15-19-10)16-20(17,18)7-8-3-4-9(13)5-11(8)14/h3-6H,2,7H2,1H3,(H,15,16). The summed E-state index contributed by atoms with van der Waals surface area (Å²) in [5.41, 5.74) is 0.515. The summed E-state index contributed by atoms with van der Waals surface area (Å²) in [6.45, 7) is 1.89. The molecule has 0 saturated carbocycles. The van der Waals surface area contributed by atoms with Gasteiger partial charge in [0, 0.05) is 22.0 Å². The molecule has 108 valence electrons. The van der Waals surface area contributed by atoms with Gasteiger partial charge in [-0.3, -0.25) is 4.72 Å². The normalized spacial score (nSPS) is 11.6. The summed E-state index contributed by atoms with van der Waals surface area (Å²) in [7, 11) is -3.59. The van der Waals surface area contributed by atoms with Crippen LogP contribution in [0, 0.1) is 0 Å². The van der Waals surface area contributed by atoms with Crippen LogP contribution in [0.3, 0.4) is 0 Å². The predicted molar refractivity (Wildman–Crippen MR) is 81.3 cm³/mol. The lowest BCUT2D eigenvalue weighted by Gasteiger charge is -2.07. The summed E-state index contributed by atoms with van der Waals surface area (Å²) in [4.78, 5) is 0. The van der Waals surface area contributed by atoms with Crippen LogP contribution in [-0.2, 0) is 22.2 Å². The average molecular weight is 380 g/mol. The van der Waals surface area contributed by atoms with Gasteiger partial charge in [-0.05, 0) is 17.7 Å². The number of halogens is 2. The van der Waals surface area contributed by atoms with E-state index < -0.39 is 10.0 Å². The summed E-state index contributed by atoms with van der Waals surface area (Å²) in [5.74, 6) is 0.562. The summed E-state index contributed by atoms with van der Waals surface area (Å²) in [5, 5.41) is 4.03. The molecule has 1 N–H and O–H groups in total. The molecule has 0 amide bonds. The number of nitrogens with zero attached hydrogens (tertiary/aromatic N) is 1. The van der Waals surface area contributed by atoms with Gasteiger partial charge in [-0.2, -0.15) is 0 Å². The van der Waals surface area contributed by atoms with Gasteiger partial charge in [-0.15, -0.1) is 0 Å². The highest BCUT2D eigenvalue weighted by atomic mass is 79.9. The van der Waals surface area contributed by atoms with E-state index in [1.807, 2.05) is 6.92 Å². The quantitative estimate of drug-likeness (QED) is 0.861. The summed E-state index contributed by atoms with van der Waals surface area (Å²) in [6.07, 6.45) is 0.646. The van der Waals surface area contributed by atoms with Crippen molar-refractivity contribution in [1.29, 1.82) is 0 Å². The third-order valence-electron chi connectivity index (χ3n) is 2.53. The number of sulfonamides is 1. The Labute approximate surface area is 130 Å². The maximum atomic E-state index is 12.0. The van der Waals surface area contributed by atoms with Gasteiger partial charge in [0.25, 0.3) is 0 Å². The summed E-state index contributed by atoms with van der Waals surface area (Å²) in [6, 6.07) is 6.60. The summed E-state index contributed by atoms with van der Waals surface area (Å²) < 4.78 is 32.2. The highest BCUT2D eigenvalue weighted by Gasteiger charge is 2.16. The van der Waals surface area contributed by atoms with Crippen LogP contribution in [0.15, 0.2) is 33.3 Å². The zero-order chi connectivity index (χ0) is 14.8. The molecule has 0 fully saturated rings. The molecule has 5 nitrogen and oxygen atoms in total. The molecular formula is C12H12BrClN2O3S. The van der Waals surface area contributed by atoms with Crippen LogP contribution in [-0.4, -0.2) is 13.6 Å². The fraction of sp³-hybridized carbons (Fsp3) is 0.250. The summed E-state index contributed by atoms with van der Waals surface area (Å²) >= 11 is 9.28. The number of rotatable bonds is 5. The lowest BCUT2D eigenvalue weighted by atomic mass is 10.2. The van der Waals surface area contributed by atoms with Crippen LogP contribution in [0.4, 0.5) is 5.82 Å². The fourth-order valence-electron chi connectivity index (χ4n) is 1.57. The van der Waals surface area contributed by atoms with Crippen LogP contribution < -0.4 is 4.72 Å². The van der Waals surface area contributed by atoms with E-state index in [1.54, 1.807) is 24.3 Å². The van der Waals surface area contributed by atoms with Crippen molar-refractivity contribution in [1.82, 2.24) is 5.16 Å². The number of anilines is 1. The minimum Gasteiger partial charge on any atom is -0.359 e. The van der Waals surface area contributed by atoms with Crippen molar-refractivity contribution >= 4 is 43.4 Å². The third kappa shape index (κ3) is 3.97. The van der Waals surface area contributed by atoms with E-state index >= 15 is 0 Å². The largest absolute Gasteiger partial charge is 0.359 e. The zero-order valence-corrected chi connectivity index (χ0v) is 13.7. The molecule has 8 heteroatoms. The van der Waals surface area contributed by atoms with E-state index in [9.17, 15) is 8.42 Å². The maximum absolute atomic E-state index is 12.0. The second kappa shape index (κ2) is 6.15. The van der Waals surface area contributed by atoms with Crippen LogP contribution in [0.1, 0.15) is 18.2 Å². The van der Waals surface area contributed by atoms with Gasteiger partial charge >= 0.3 is 0 Å². The molecule has 0 aliphatic rings. The van der Waals surface area contributed by atoms with Crippen molar-refractivity contribution in [3.63, 3.8) is 0 Å². The number of hydrogen-bond donors (Lipinski definition) is 1. The van der Waals surface area contributed by atoms with Gasteiger partial charge < -0.3 is 4.52 Å². The highest BCUT2D eigenvalue weighted by Crippen LogP contribution is 2.23. The monoisotopic (exact) mass is 378 g/mol. The van der Waals surface area contributed by atoms with Gasteiger partial charge in [0.1, 0.15) is 5.76 Å². The van der Waals surface area contributed by atoms with Crippen molar-refractivity contribution in [2.75, 3.05) is 4.72 Å². The van der Waals surface area contributed by atoms with Gasteiger partial charge in [0.05, 0.1) is 5.75 Å². The smallest absolute Gasteiger partial charge is 0.238 e. The molecule has 0 radical (unpaired) electrons. The topological polar surface area (TPSA) is 72.2 Å².